The highest BCUT2D eigenvalue weighted by Crippen LogP contribution is 2.30. The van der Waals surface area contributed by atoms with Crippen molar-refractivity contribution in [3.63, 3.8) is 0 Å². The third-order valence-corrected chi connectivity index (χ3v) is 4.97. The molecule has 1 aliphatic heterocycles. The van der Waals surface area contributed by atoms with Crippen molar-refractivity contribution in [2.24, 2.45) is 0 Å². The lowest BCUT2D eigenvalue weighted by molar-refractivity contribution is -0.137. The van der Waals surface area contributed by atoms with Gasteiger partial charge < -0.3 is 9.84 Å². The molecule has 0 radical (unpaired) electrons. The van der Waals surface area contributed by atoms with E-state index < -0.39 is 11.7 Å². The summed E-state index contributed by atoms with van der Waals surface area (Å²) in [4.78, 5) is 22.3. The molecule has 1 fully saturated rings. The van der Waals surface area contributed by atoms with Crippen molar-refractivity contribution in [1.29, 1.82) is 0 Å². The number of hydrogen-bond donors (Lipinski definition) is 1. The summed E-state index contributed by atoms with van der Waals surface area (Å²) in [5.41, 5.74) is 0.553. The van der Waals surface area contributed by atoms with Crippen LogP contribution < -0.4 is 5.32 Å². The van der Waals surface area contributed by atoms with Crippen LogP contribution in [0.1, 0.15) is 30.0 Å². The van der Waals surface area contributed by atoms with Gasteiger partial charge in [-0.2, -0.15) is 18.2 Å². The number of pyridine rings is 1. The van der Waals surface area contributed by atoms with Crippen molar-refractivity contribution in [1.82, 2.24) is 25.3 Å². The van der Waals surface area contributed by atoms with E-state index in [-0.39, 0.29) is 17.8 Å². The molecule has 3 heterocycles. The Bertz CT molecular complexity index is 1020. The number of aromatic nitrogens is 3. The minimum absolute atomic E-state index is 0.0218. The SMILES string of the molecule is O=C1CC[C@@H](CN(Cc2ccccn2)Cc2nc(-c3ccc(C(F)(F)F)cc3)no2)N1. The molecule has 0 spiro atoms. The topological polar surface area (TPSA) is 84.2 Å². The first kappa shape index (κ1) is 21.0. The maximum Gasteiger partial charge on any atom is 0.416 e. The van der Waals surface area contributed by atoms with Gasteiger partial charge in [-0.25, -0.2) is 0 Å². The Balaban J connectivity index is 1.47. The van der Waals surface area contributed by atoms with Crippen LogP contribution in [0.4, 0.5) is 13.2 Å². The van der Waals surface area contributed by atoms with Crippen molar-refractivity contribution in [2.45, 2.75) is 38.1 Å². The highest BCUT2D eigenvalue weighted by atomic mass is 19.4. The summed E-state index contributed by atoms with van der Waals surface area (Å²) in [6.45, 7) is 1.42. The fraction of sp³-hybridized carbons (Fsp3) is 0.333. The third-order valence-electron chi connectivity index (χ3n) is 4.97. The van der Waals surface area contributed by atoms with E-state index in [1.54, 1.807) is 6.20 Å². The first-order valence-corrected chi connectivity index (χ1v) is 9.78. The van der Waals surface area contributed by atoms with Gasteiger partial charge >= 0.3 is 6.18 Å². The second kappa shape index (κ2) is 8.84. The molecule has 1 atom stereocenters. The van der Waals surface area contributed by atoms with Crippen LogP contribution in [0.2, 0.25) is 0 Å². The molecule has 1 N–H and O–H groups in total. The zero-order chi connectivity index (χ0) is 21.8. The van der Waals surface area contributed by atoms with Gasteiger partial charge in [0.2, 0.25) is 17.6 Å². The molecule has 7 nitrogen and oxygen atoms in total. The molecule has 3 aromatic rings. The Hall–Kier alpha value is -3.27. The Morgan fingerprint density at radius 2 is 1.94 bits per heavy atom. The van der Waals surface area contributed by atoms with E-state index >= 15 is 0 Å². The highest BCUT2D eigenvalue weighted by Gasteiger charge is 2.30. The number of nitrogens with zero attached hydrogens (tertiary/aromatic N) is 4. The molecule has 1 aliphatic rings. The average molecular weight is 431 g/mol. The van der Waals surface area contributed by atoms with Gasteiger partial charge in [0.05, 0.1) is 17.8 Å². The van der Waals surface area contributed by atoms with Gasteiger partial charge in [-0.1, -0.05) is 23.4 Å². The van der Waals surface area contributed by atoms with E-state index in [2.05, 4.69) is 20.4 Å². The molecule has 0 saturated carbocycles. The number of alkyl halides is 3. The molecule has 4 rings (SSSR count). The molecular weight excluding hydrogens is 411 g/mol. The maximum absolute atomic E-state index is 12.8. The summed E-state index contributed by atoms with van der Waals surface area (Å²) in [7, 11) is 0. The number of nitrogens with one attached hydrogen (secondary N) is 1. The maximum atomic E-state index is 12.8. The van der Waals surface area contributed by atoms with E-state index in [1.807, 2.05) is 23.1 Å². The van der Waals surface area contributed by atoms with Gasteiger partial charge in [0.25, 0.3) is 0 Å². The lowest BCUT2D eigenvalue weighted by Crippen LogP contribution is -2.38. The van der Waals surface area contributed by atoms with Gasteiger partial charge in [0.15, 0.2) is 0 Å². The minimum atomic E-state index is -4.40. The number of carbonyl (C=O) groups excluding carboxylic acids is 1. The van der Waals surface area contributed by atoms with E-state index in [0.29, 0.717) is 37.5 Å². The molecule has 0 unspecified atom stereocenters. The molecule has 31 heavy (non-hydrogen) atoms. The number of halogens is 3. The molecule has 10 heteroatoms. The number of hydrogen-bond acceptors (Lipinski definition) is 6. The van der Waals surface area contributed by atoms with Crippen LogP contribution in [-0.4, -0.2) is 38.5 Å². The molecule has 162 valence electrons. The predicted molar refractivity (Wildman–Crippen MR) is 104 cm³/mol. The van der Waals surface area contributed by atoms with Crippen LogP contribution in [0.5, 0.6) is 0 Å². The molecule has 1 aromatic carbocycles. The Morgan fingerprint density at radius 3 is 2.58 bits per heavy atom. The van der Waals surface area contributed by atoms with Gasteiger partial charge in [-0.05, 0) is 30.7 Å². The Labute approximate surface area is 176 Å². The average Bonchev–Trinajstić information content (AvgIpc) is 3.37. The highest BCUT2D eigenvalue weighted by molar-refractivity contribution is 5.78. The second-order valence-corrected chi connectivity index (χ2v) is 7.38. The lowest BCUT2D eigenvalue weighted by Gasteiger charge is -2.23. The Kier molecular flexibility index (Phi) is 5.99. The van der Waals surface area contributed by atoms with Crippen molar-refractivity contribution in [3.05, 3.63) is 65.8 Å². The monoisotopic (exact) mass is 431 g/mol. The zero-order valence-electron chi connectivity index (χ0n) is 16.5. The van der Waals surface area contributed by atoms with Crippen molar-refractivity contribution in [3.8, 4) is 11.4 Å². The minimum Gasteiger partial charge on any atom is -0.352 e. The van der Waals surface area contributed by atoms with Crippen LogP contribution in [0.3, 0.4) is 0 Å². The van der Waals surface area contributed by atoms with Gasteiger partial charge in [-0.15, -0.1) is 0 Å². The molecule has 0 bridgehead atoms. The molecule has 0 aliphatic carbocycles. The fourth-order valence-corrected chi connectivity index (χ4v) is 3.47. The normalized spacial score (nSPS) is 16.6. The van der Waals surface area contributed by atoms with E-state index in [1.165, 1.54) is 12.1 Å². The molecule has 1 amide bonds. The summed E-state index contributed by atoms with van der Waals surface area (Å²) in [6.07, 6.45) is -1.44. The number of rotatable bonds is 7. The molecular formula is C21H20F3N5O2. The summed E-state index contributed by atoms with van der Waals surface area (Å²) in [5.74, 6) is 0.580. The van der Waals surface area contributed by atoms with Crippen molar-refractivity contribution >= 4 is 5.91 Å². The second-order valence-electron chi connectivity index (χ2n) is 7.38. The van der Waals surface area contributed by atoms with Crippen molar-refractivity contribution in [2.75, 3.05) is 6.54 Å². The van der Waals surface area contributed by atoms with E-state index in [0.717, 1.165) is 24.2 Å². The van der Waals surface area contributed by atoms with Gasteiger partial charge in [0.1, 0.15) is 0 Å². The van der Waals surface area contributed by atoms with Crippen LogP contribution in [0, 0.1) is 0 Å². The number of amides is 1. The fourth-order valence-electron chi connectivity index (χ4n) is 3.47. The first-order valence-electron chi connectivity index (χ1n) is 9.78. The van der Waals surface area contributed by atoms with E-state index in [4.69, 9.17) is 4.52 Å². The number of benzene rings is 1. The largest absolute Gasteiger partial charge is 0.416 e. The van der Waals surface area contributed by atoms with E-state index in [9.17, 15) is 18.0 Å². The van der Waals surface area contributed by atoms with Crippen LogP contribution >= 0.6 is 0 Å². The standard InChI is InChI=1S/C21H20F3N5O2/c22-21(23,24)15-6-4-14(5-7-15)20-27-19(31-28-20)13-29(11-16-3-1-2-10-25-16)12-17-8-9-18(30)26-17/h1-7,10,17H,8-9,11-13H2,(H,26,30)/t17-/m0/s1. The summed E-state index contributed by atoms with van der Waals surface area (Å²) < 4.78 is 43.6. The lowest BCUT2D eigenvalue weighted by atomic mass is 10.1. The van der Waals surface area contributed by atoms with Crippen LogP contribution in [0.15, 0.2) is 53.2 Å². The number of carbonyl (C=O) groups is 1. The van der Waals surface area contributed by atoms with Crippen LogP contribution in [0.25, 0.3) is 11.4 Å². The third kappa shape index (κ3) is 5.46. The summed E-state index contributed by atoms with van der Waals surface area (Å²) in [5, 5.41) is 6.85. The predicted octanol–water partition coefficient (Wildman–Crippen LogP) is 3.43. The van der Waals surface area contributed by atoms with Crippen LogP contribution in [-0.2, 0) is 24.1 Å². The smallest absolute Gasteiger partial charge is 0.352 e. The summed E-state index contributed by atoms with van der Waals surface area (Å²) in [6, 6.07) is 10.3. The Morgan fingerprint density at radius 1 is 1.13 bits per heavy atom. The first-order chi connectivity index (χ1) is 14.9. The molecule has 2 aromatic heterocycles. The van der Waals surface area contributed by atoms with Gasteiger partial charge in [0, 0.05) is 37.3 Å². The van der Waals surface area contributed by atoms with Gasteiger partial charge in [-0.3, -0.25) is 14.7 Å². The summed E-state index contributed by atoms with van der Waals surface area (Å²) >= 11 is 0. The zero-order valence-corrected chi connectivity index (χ0v) is 16.5. The van der Waals surface area contributed by atoms with Crippen molar-refractivity contribution < 1.29 is 22.5 Å². The molecule has 1 saturated heterocycles. The quantitative estimate of drug-likeness (QED) is 0.617.